The summed E-state index contributed by atoms with van der Waals surface area (Å²) in [4.78, 5) is 14.4. The van der Waals surface area contributed by atoms with Crippen molar-refractivity contribution in [2.24, 2.45) is 11.3 Å². The maximum atomic E-state index is 12.0. The highest BCUT2D eigenvalue weighted by Gasteiger charge is 2.44. The highest BCUT2D eigenvalue weighted by atomic mass is 16.2. The summed E-state index contributed by atoms with van der Waals surface area (Å²) in [5, 5.41) is 12.1. The molecule has 0 aromatic carbocycles. The lowest BCUT2D eigenvalue weighted by atomic mass is 9.69. The van der Waals surface area contributed by atoms with E-state index in [0.29, 0.717) is 12.0 Å². The molecule has 1 atom stereocenters. The summed E-state index contributed by atoms with van der Waals surface area (Å²) in [5.41, 5.74) is -0.698. The van der Waals surface area contributed by atoms with E-state index in [1.165, 1.54) is 0 Å². The molecule has 1 heterocycles. The summed E-state index contributed by atoms with van der Waals surface area (Å²) < 4.78 is 0. The Hall–Kier alpha value is -1.08. The maximum absolute atomic E-state index is 12.0. The van der Waals surface area contributed by atoms with E-state index >= 15 is 0 Å². The van der Waals surface area contributed by atoms with Crippen LogP contribution in [0.1, 0.15) is 39.5 Å². The normalized spacial score (nSPS) is 26.7. The highest BCUT2D eigenvalue weighted by Crippen LogP contribution is 2.40. The smallest absolute Gasteiger partial charge is 0.240 e. The second-order valence-corrected chi connectivity index (χ2v) is 6.00. The summed E-state index contributed by atoms with van der Waals surface area (Å²) in [6, 6.07) is 2.78. The van der Waals surface area contributed by atoms with Crippen molar-refractivity contribution in [1.29, 1.82) is 5.26 Å². The fourth-order valence-electron chi connectivity index (χ4n) is 2.82. The van der Waals surface area contributed by atoms with Crippen LogP contribution < -0.4 is 5.32 Å². The van der Waals surface area contributed by atoms with E-state index in [9.17, 15) is 4.79 Å². The van der Waals surface area contributed by atoms with Crippen LogP contribution >= 0.6 is 0 Å². The fourth-order valence-corrected chi connectivity index (χ4v) is 2.82. The maximum Gasteiger partial charge on any atom is 0.240 e. The molecule has 1 aliphatic heterocycles. The van der Waals surface area contributed by atoms with Crippen LogP contribution in [-0.2, 0) is 4.79 Å². The van der Waals surface area contributed by atoms with Gasteiger partial charge in [-0.15, -0.1) is 0 Å². The number of nitrogens with one attached hydrogen (secondary N) is 1. The van der Waals surface area contributed by atoms with Gasteiger partial charge in [-0.2, -0.15) is 5.26 Å². The monoisotopic (exact) mass is 249 g/mol. The van der Waals surface area contributed by atoms with Crippen LogP contribution in [0.15, 0.2) is 0 Å². The van der Waals surface area contributed by atoms with Crippen LogP contribution in [0.25, 0.3) is 0 Å². The van der Waals surface area contributed by atoms with Gasteiger partial charge in [0.25, 0.3) is 0 Å². The fraction of sp³-hybridized carbons (Fsp3) is 0.857. The van der Waals surface area contributed by atoms with Crippen molar-refractivity contribution >= 4 is 5.91 Å². The molecule has 0 spiro atoms. The number of likely N-dealkylation sites (tertiary alicyclic amines) is 1. The van der Waals surface area contributed by atoms with Gasteiger partial charge >= 0.3 is 0 Å². The number of rotatable bonds is 4. The van der Waals surface area contributed by atoms with Crippen molar-refractivity contribution in [2.45, 2.75) is 45.6 Å². The van der Waals surface area contributed by atoms with Crippen molar-refractivity contribution in [3.8, 4) is 6.07 Å². The number of nitriles is 1. The van der Waals surface area contributed by atoms with Crippen molar-refractivity contribution < 1.29 is 4.79 Å². The Balaban J connectivity index is 1.76. The first kappa shape index (κ1) is 13.4. The van der Waals surface area contributed by atoms with E-state index in [-0.39, 0.29) is 5.91 Å². The zero-order valence-corrected chi connectivity index (χ0v) is 11.4. The molecule has 0 aromatic rings. The summed E-state index contributed by atoms with van der Waals surface area (Å²) in [6.07, 6.45) is 3.62. The largest absolute Gasteiger partial charge is 0.354 e. The molecule has 100 valence electrons. The highest BCUT2D eigenvalue weighted by molar-refractivity contribution is 5.86. The molecule has 0 radical (unpaired) electrons. The third-order valence-electron chi connectivity index (χ3n) is 4.45. The predicted octanol–water partition coefficient (Wildman–Crippen LogP) is 1.53. The summed E-state index contributed by atoms with van der Waals surface area (Å²) in [5.74, 6) is 0.506. The van der Waals surface area contributed by atoms with Crippen LogP contribution in [-0.4, -0.2) is 36.5 Å². The molecule has 1 saturated heterocycles. The molecule has 2 aliphatic rings. The molecule has 4 nitrogen and oxygen atoms in total. The van der Waals surface area contributed by atoms with Crippen LogP contribution in [0.3, 0.4) is 0 Å². The molecule has 1 amide bonds. The van der Waals surface area contributed by atoms with Gasteiger partial charge in [0, 0.05) is 19.1 Å². The first-order valence-electron chi connectivity index (χ1n) is 7.01. The number of amides is 1. The van der Waals surface area contributed by atoms with E-state index < -0.39 is 5.41 Å². The second-order valence-electron chi connectivity index (χ2n) is 6.00. The Bertz CT molecular complexity index is 355. The number of hydrogen-bond donors (Lipinski definition) is 1. The molecular weight excluding hydrogens is 226 g/mol. The average molecular weight is 249 g/mol. The number of nitrogens with zero attached hydrogens (tertiary/aromatic N) is 2. The molecule has 2 rings (SSSR count). The molecule has 4 heteroatoms. The van der Waals surface area contributed by atoms with Gasteiger partial charge in [0.2, 0.25) is 5.91 Å². The minimum absolute atomic E-state index is 0.0424. The summed E-state index contributed by atoms with van der Waals surface area (Å²) in [7, 11) is 0. The Morgan fingerprint density at radius 2 is 2.28 bits per heavy atom. The topological polar surface area (TPSA) is 56.1 Å². The van der Waals surface area contributed by atoms with E-state index in [1.807, 2.05) is 0 Å². The van der Waals surface area contributed by atoms with Gasteiger partial charge in [0.15, 0.2) is 0 Å². The number of carbonyl (C=O) groups excluding carboxylic acids is 1. The summed E-state index contributed by atoms with van der Waals surface area (Å²) >= 11 is 0. The Kier molecular flexibility index (Phi) is 3.91. The van der Waals surface area contributed by atoms with Crippen molar-refractivity contribution in [3.05, 3.63) is 0 Å². The summed E-state index contributed by atoms with van der Waals surface area (Å²) in [6.45, 7) is 7.34. The molecule has 1 aliphatic carbocycles. The SMILES string of the molecule is CC(C)N1CCC(CNC(=O)C2(C#N)CCC2)C1. The van der Waals surface area contributed by atoms with Gasteiger partial charge in [-0.25, -0.2) is 0 Å². The van der Waals surface area contributed by atoms with E-state index in [1.54, 1.807) is 0 Å². The zero-order valence-electron chi connectivity index (χ0n) is 11.4. The first-order valence-corrected chi connectivity index (χ1v) is 7.01. The second kappa shape index (κ2) is 5.27. The standard InChI is InChI=1S/C14H23N3O/c1-11(2)17-7-4-12(9-17)8-16-13(18)14(10-15)5-3-6-14/h11-12H,3-9H2,1-2H3,(H,16,18). The number of hydrogen-bond acceptors (Lipinski definition) is 3. The molecule has 0 aromatic heterocycles. The van der Waals surface area contributed by atoms with E-state index in [4.69, 9.17) is 5.26 Å². The van der Waals surface area contributed by atoms with Gasteiger partial charge in [0.1, 0.15) is 5.41 Å². The van der Waals surface area contributed by atoms with Gasteiger partial charge in [-0.05, 0) is 52.0 Å². The molecular formula is C14H23N3O. The van der Waals surface area contributed by atoms with Gasteiger partial charge < -0.3 is 10.2 Å². The Morgan fingerprint density at radius 1 is 1.56 bits per heavy atom. The van der Waals surface area contributed by atoms with Crippen LogP contribution in [0.2, 0.25) is 0 Å². The number of carbonyl (C=O) groups is 1. The van der Waals surface area contributed by atoms with E-state index in [2.05, 4.69) is 30.1 Å². The third-order valence-corrected chi connectivity index (χ3v) is 4.45. The van der Waals surface area contributed by atoms with Crippen molar-refractivity contribution in [1.82, 2.24) is 10.2 Å². The molecule has 2 fully saturated rings. The minimum atomic E-state index is -0.698. The van der Waals surface area contributed by atoms with Gasteiger partial charge in [-0.1, -0.05) is 0 Å². The van der Waals surface area contributed by atoms with Gasteiger partial charge in [-0.3, -0.25) is 4.79 Å². The van der Waals surface area contributed by atoms with Crippen LogP contribution in [0, 0.1) is 22.7 Å². The molecule has 18 heavy (non-hydrogen) atoms. The van der Waals surface area contributed by atoms with Crippen molar-refractivity contribution in [2.75, 3.05) is 19.6 Å². The first-order chi connectivity index (χ1) is 8.57. The predicted molar refractivity (Wildman–Crippen MR) is 69.7 cm³/mol. The lowest BCUT2D eigenvalue weighted by molar-refractivity contribution is -0.131. The third kappa shape index (κ3) is 2.51. The van der Waals surface area contributed by atoms with E-state index in [0.717, 1.165) is 45.3 Å². The zero-order chi connectivity index (χ0) is 13.2. The molecule has 1 saturated carbocycles. The lowest BCUT2D eigenvalue weighted by Gasteiger charge is -2.33. The molecule has 1 unspecified atom stereocenters. The van der Waals surface area contributed by atoms with Crippen LogP contribution in [0.4, 0.5) is 0 Å². The van der Waals surface area contributed by atoms with Crippen molar-refractivity contribution in [3.63, 3.8) is 0 Å². The van der Waals surface area contributed by atoms with Crippen LogP contribution in [0.5, 0.6) is 0 Å². The van der Waals surface area contributed by atoms with Gasteiger partial charge in [0.05, 0.1) is 6.07 Å². The molecule has 0 bridgehead atoms. The lowest BCUT2D eigenvalue weighted by Crippen LogP contribution is -2.46. The quantitative estimate of drug-likeness (QED) is 0.822. The Labute approximate surface area is 109 Å². The molecule has 1 N–H and O–H groups in total. The average Bonchev–Trinajstić information content (AvgIpc) is 2.74. The Morgan fingerprint density at radius 3 is 2.72 bits per heavy atom. The minimum Gasteiger partial charge on any atom is -0.354 e.